The van der Waals surface area contributed by atoms with E-state index >= 15 is 0 Å². The van der Waals surface area contributed by atoms with Gasteiger partial charge in [-0.3, -0.25) is 0 Å². The van der Waals surface area contributed by atoms with Crippen LogP contribution in [0.15, 0.2) is 0 Å². The van der Waals surface area contributed by atoms with Crippen LogP contribution in [0.1, 0.15) is 6.42 Å². The van der Waals surface area contributed by atoms with Crippen LogP contribution in [0.4, 0.5) is 0 Å². The summed E-state index contributed by atoms with van der Waals surface area (Å²) in [5, 5.41) is 9.93. The molecule has 0 fully saturated rings. The number of aliphatic hydroxyl groups is 1. The second-order valence-electron chi connectivity index (χ2n) is 1.67. The average molecular weight is 296 g/mol. The van der Waals surface area contributed by atoms with Crippen molar-refractivity contribution in [2.75, 3.05) is 17.8 Å². The molecule has 0 aromatic rings. The molecule has 0 heterocycles. The van der Waals surface area contributed by atoms with Gasteiger partial charge in [-0.05, 0) is 15.9 Å². The Morgan fingerprint density at radius 2 is 2.20 bits per heavy atom. The van der Waals surface area contributed by atoms with E-state index in [-0.39, 0.29) is 0 Å². The van der Waals surface area contributed by atoms with Crippen LogP contribution in [-0.2, 0) is 4.74 Å². The van der Waals surface area contributed by atoms with Crippen molar-refractivity contribution in [2.45, 2.75) is 11.1 Å². The summed E-state index contributed by atoms with van der Waals surface area (Å²) in [6.07, 6.45) is 0.377. The van der Waals surface area contributed by atoms with Crippen LogP contribution in [0, 0.1) is 0 Å². The Labute approximate surface area is 82.1 Å². The number of hydrogen-bond donors (Lipinski definition) is 1. The van der Waals surface area contributed by atoms with Crippen molar-refractivity contribution >= 4 is 43.5 Å². The van der Waals surface area contributed by atoms with E-state index in [9.17, 15) is 5.11 Å². The quantitative estimate of drug-likeness (QED) is 0.622. The molecular weight excluding hydrogens is 287 g/mol. The number of ether oxygens (including phenoxy) is 1. The summed E-state index contributed by atoms with van der Waals surface area (Å²) in [7, 11) is 0. The van der Waals surface area contributed by atoms with Crippen molar-refractivity contribution in [3.63, 3.8) is 0 Å². The van der Waals surface area contributed by atoms with Crippen LogP contribution in [0.3, 0.4) is 0 Å². The second kappa shape index (κ2) is 5.77. The molecule has 0 aliphatic carbocycles. The van der Waals surface area contributed by atoms with Gasteiger partial charge in [0.2, 0.25) is 4.70 Å². The molecule has 0 bridgehead atoms. The van der Waals surface area contributed by atoms with Gasteiger partial charge in [-0.2, -0.15) is 0 Å². The molecule has 2 nitrogen and oxygen atoms in total. The average Bonchev–Trinajstić information content (AvgIpc) is 1.84. The van der Waals surface area contributed by atoms with Crippen molar-refractivity contribution in [3.8, 4) is 0 Å². The molecular formula is C5H9Br2ClO2. The number of halogens is 3. The lowest BCUT2D eigenvalue weighted by atomic mass is 10.5. The summed E-state index contributed by atoms with van der Waals surface area (Å²) in [5.74, 6) is 0.365. The topological polar surface area (TPSA) is 29.5 Å². The van der Waals surface area contributed by atoms with Gasteiger partial charge in [-0.25, -0.2) is 0 Å². The predicted octanol–water partition coefficient (Wildman–Crippen LogP) is 2.07. The third kappa shape index (κ3) is 5.92. The van der Waals surface area contributed by atoms with Crippen molar-refractivity contribution in [1.82, 2.24) is 0 Å². The molecule has 0 aliphatic rings. The molecule has 62 valence electrons. The van der Waals surface area contributed by atoms with E-state index in [4.69, 9.17) is 16.3 Å². The maximum Gasteiger partial charge on any atom is 0.225 e. The fourth-order valence-electron chi connectivity index (χ4n) is 0.384. The summed E-state index contributed by atoms with van der Waals surface area (Å²) in [4.78, 5) is 0. The SMILES string of the molecule is OC(Br)(CCCl)OCCBr. The molecule has 1 unspecified atom stereocenters. The Hall–Kier alpha value is 1.17. The molecule has 0 amide bonds. The Kier molecular flexibility index (Phi) is 6.45. The molecule has 1 atom stereocenters. The number of rotatable bonds is 5. The van der Waals surface area contributed by atoms with Gasteiger partial charge in [0.15, 0.2) is 0 Å². The van der Waals surface area contributed by atoms with E-state index in [0.29, 0.717) is 24.2 Å². The predicted molar refractivity (Wildman–Crippen MR) is 49.0 cm³/mol. The number of hydrogen-bond acceptors (Lipinski definition) is 2. The van der Waals surface area contributed by atoms with Gasteiger partial charge in [0.25, 0.3) is 0 Å². The summed E-state index contributed by atoms with van der Waals surface area (Å²) in [6, 6.07) is 0. The van der Waals surface area contributed by atoms with Gasteiger partial charge >= 0.3 is 0 Å². The number of alkyl halides is 3. The molecule has 0 aromatic carbocycles. The molecule has 0 aromatic heterocycles. The summed E-state index contributed by atoms with van der Waals surface area (Å²) >= 11 is 11.5. The van der Waals surface area contributed by atoms with Crippen molar-refractivity contribution < 1.29 is 9.84 Å². The molecule has 10 heavy (non-hydrogen) atoms. The molecule has 0 radical (unpaired) electrons. The van der Waals surface area contributed by atoms with Crippen LogP contribution in [0.2, 0.25) is 0 Å². The summed E-state index contributed by atoms with van der Waals surface area (Å²) in [5.41, 5.74) is 0. The van der Waals surface area contributed by atoms with E-state index < -0.39 is 4.70 Å². The second-order valence-corrected chi connectivity index (χ2v) is 4.08. The van der Waals surface area contributed by atoms with E-state index in [1.807, 2.05) is 0 Å². The Morgan fingerprint density at radius 3 is 2.60 bits per heavy atom. The van der Waals surface area contributed by atoms with Crippen molar-refractivity contribution in [1.29, 1.82) is 0 Å². The first kappa shape index (κ1) is 11.2. The Bertz CT molecular complexity index is 89.7. The first-order chi connectivity index (χ1) is 4.62. The maximum atomic E-state index is 9.23. The van der Waals surface area contributed by atoms with Crippen LogP contribution in [0.25, 0.3) is 0 Å². The van der Waals surface area contributed by atoms with Gasteiger partial charge < -0.3 is 9.84 Å². The van der Waals surface area contributed by atoms with Crippen LogP contribution >= 0.6 is 43.5 Å². The van der Waals surface area contributed by atoms with Crippen LogP contribution < -0.4 is 0 Å². The molecule has 1 N–H and O–H groups in total. The molecule has 0 spiro atoms. The maximum absolute atomic E-state index is 9.23. The minimum Gasteiger partial charge on any atom is -0.357 e. The van der Waals surface area contributed by atoms with Gasteiger partial charge in [0, 0.05) is 17.6 Å². The Balaban J connectivity index is 3.42. The first-order valence-corrected chi connectivity index (χ1v) is 5.24. The highest BCUT2D eigenvalue weighted by Gasteiger charge is 2.21. The normalized spacial score (nSPS) is 16.8. The lowest BCUT2D eigenvalue weighted by molar-refractivity contribution is -0.119. The molecule has 0 rings (SSSR count). The smallest absolute Gasteiger partial charge is 0.225 e. The Morgan fingerprint density at radius 1 is 1.60 bits per heavy atom. The molecule has 0 aliphatic heterocycles. The largest absolute Gasteiger partial charge is 0.357 e. The highest BCUT2D eigenvalue weighted by Crippen LogP contribution is 2.20. The van der Waals surface area contributed by atoms with Gasteiger partial charge in [-0.1, -0.05) is 15.9 Å². The third-order valence-electron chi connectivity index (χ3n) is 0.803. The van der Waals surface area contributed by atoms with Crippen molar-refractivity contribution in [3.05, 3.63) is 0 Å². The minimum absolute atomic E-state index is 0.365. The van der Waals surface area contributed by atoms with Crippen molar-refractivity contribution in [2.24, 2.45) is 0 Å². The lowest BCUT2D eigenvalue weighted by Crippen LogP contribution is -2.25. The van der Waals surface area contributed by atoms with E-state index in [1.165, 1.54) is 0 Å². The van der Waals surface area contributed by atoms with Crippen LogP contribution in [-0.4, -0.2) is 27.6 Å². The van der Waals surface area contributed by atoms with E-state index in [0.717, 1.165) is 0 Å². The first-order valence-electron chi connectivity index (χ1n) is 2.79. The third-order valence-corrected chi connectivity index (χ3v) is 1.94. The molecule has 0 saturated heterocycles. The summed E-state index contributed by atoms with van der Waals surface area (Å²) in [6.45, 7) is 0.457. The summed E-state index contributed by atoms with van der Waals surface area (Å²) < 4.78 is 3.71. The molecule has 5 heteroatoms. The zero-order chi connectivity index (χ0) is 8.04. The zero-order valence-electron chi connectivity index (χ0n) is 5.32. The standard InChI is InChI=1S/C5H9Br2ClO2/c6-2-4-10-5(7,9)1-3-8/h9H,1-4H2. The molecule has 0 saturated carbocycles. The fraction of sp³-hybridized carbons (Fsp3) is 1.00. The minimum atomic E-state index is -1.25. The van der Waals surface area contributed by atoms with Gasteiger partial charge in [0.05, 0.1) is 6.61 Å². The lowest BCUT2D eigenvalue weighted by Gasteiger charge is -2.19. The highest BCUT2D eigenvalue weighted by molar-refractivity contribution is 9.10. The van der Waals surface area contributed by atoms with Gasteiger partial charge in [-0.15, -0.1) is 11.6 Å². The van der Waals surface area contributed by atoms with Gasteiger partial charge in [0.1, 0.15) is 0 Å². The van der Waals surface area contributed by atoms with E-state index in [2.05, 4.69) is 31.9 Å². The highest BCUT2D eigenvalue weighted by atomic mass is 79.9. The monoisotopic (exact) mass is 294 g/mol. The van der Waals surface area contributed by atoms with Crippen LogP contribution in [0.5, 0.6) is 0 Å². The zero-order valence-corrected chi connectivity index (χ0v) is 9.25. The van der Waals surface area contributed by atoms with E-state index in [1.54, 1.807) is 0 Å². The fourth-order valence-corrected chi connectivity index (χ4v) is 1.39.